The third kappa shape index (κ3) is 5.68. The Morgan fingerprint density at radius 2 is 1.82 bits per heavy atom. The lowest BCUT2D eigenvalue weighted by molar-refractivity contribution is -0.117. The summed E-state index contributed by atoms with van der Waals surface area (Å²) in [6, 6.07) is 21.7. The zero-order chi connectivity index (χ0) is 27.4. The lowest BCUT2D eigenvalue weighted by atomic mass is 10.0. The van der Waals surface area contributed by atoms with Gasteiger partial charge in [0.2, 0.25) is 5.91 Å². The maximum Gasteiger partial charge on any atom is 0.269 e. The topological polar surface area (TPSA) is 82.4 Å². The van der Waals surface area contributed by atoms with Crippen LogP contribution in [0.25, 0.3) is 0 Å². The number of benzene rings is 3. The molecule has 1 aliphatic rings. The molecule has 1 heterocycles. The molecule has 3 aromatic rings. The number of carbonyl (C=O) groups is 2. The van der Waals surface area contributed by atoms with Crippen LogP contribution in [-0.4, -0.2) is 24.2 Å². The average molecular weight is 567 g/mol. The van der Waals surface area contributed by atoms with E-state index >= 15 is 0 Å². The highest BCUT2D eigenvalue weighted by Crippen LogP contribution is 2.43. The first-order valence-corrected chi connectivity index (χ1v) is 13.5. The minimum atomic E-state index is -0.641. The van der Waals surface area contributed by atoms with Crippen molar-refractivity contribution in [1.82, 2.24) is 0 Å². The molecule has 3 aromatic carbocycles. The Morgan fingerprint density at radius 3 is 2.47 bits per heavy atom. The maximum absolute atomic E-state index is 13.8. The fraction of sp³-hybridized carbons (Fsp3) is 0.207. The van der Waals surface area contributed by atoms with Gasteiger partial charge in [-0.1, -0.05) is 85.2 Å². The van der Waals surface area contributed by atoms with Crippen molar-refractivity contribution in [2.75, 3.05) is 17.3 Å². The van der Waals surface area contributed by atoms with Gasteiger partial charge in [-0.25, -0.2) is 0 Å². The Labute approximate surface area is 236 Å². The van der Waals surface area contributed by atoms with Gasteiger partial charge in [0.15, 0.2) is 0 Å². The van der Waals surface area contributed by atoms with Crippen LogP contribution in [0.15, 0.2) is 77.3 Å². The van der Waals surface area contributed by atoms with Crippen molar-refractivity contribution in [3.05, 3.63) is 98.5 Å². The van der Waals surface area contributed by atoms with E-state index in [0.29, 0.717) is 38.7 Å². The Balaban J connectivity index is 1.76. The number of para-hydroxylation sites is 2. The minimum absolute atomic E-state index is 0.179. The third-order valence-corrected chi connectivity index (χ3v) is 8.24. The molecule has 194 valence electrons. The average Bonchev–Trinajstić information content (AvgIpc) is 3.22. The van der Waals surface area contributed by atoms with E-state index in [4.69, 9.17) is 27.9 Å². The summed E-state index contributed by atoms with van der Waals surface area (Å²) < 4.78 is 5.32. The standard InChI is InChI=1S/C29H25Cl2N3O3S/c1-17(2)18-11-13-20(14-12-18)34-28(36)25(15-19-7-6-8-22(30)26(19)31)38-29(34)21(16-32)27(35)33-23-9-4-5-10-24(23)37-3/h4-14,17,25H,15H2,1-3H3,(H,33,35)/b29-21-. The highest BCUT2D eigenvalue weighted by atomic mass is 35.5. The van der Waals surface area contributed by atoms with Crippen molar-refractivity contribution in [2.45, 2.75) is 31.4 Å². The van der Waals surface area contributed by atoms with Gasteiger partial charge in [0.1, 0.15) is 22.4 Å². The smallest absolute Gasteiger partial charge is 0.269 e. The molecule has 1 fully saturated rings. The molecule has 0 aliphatic carbocycles. The molecule has 1 atom stereocenters. The molecular formula is C29H25Cl2N3O3S. The summed E-state index contributed by atoms with van der Waals surface area (Å²) in [5.74, 6) is -0.136. The predicted octanol–water partition coefficient (Wildman–Crippen LogP) is 7.19. The Kier molecular flexibility index (Phi) is 8.68. The van der Waals surface area contributed by atoms with Gasteiger partial charge in [-0.05, 0) is 53.8 Å². The molecule has 1 saturated heterocycles. The number of nitrogens with zero attached hydrogens (tertiary/aromatic N) is 2. The molecule has 0 saturated carbocycles. The number of hydrogen-bond acceptors (Lipinski definition) is 5. The molecule has 38 heavy (non-hydrogen) atoms. The number of halogens is 2. The van der Waals surface area contributed by atoms with Gasteiger partial charge in [0.25, 0.3) is 5.91 Å². The van der Waals surface area contributed by atoms with Crippen LogP contribution in [0.1, 0.15) is 30.9 Å². The van der Waals surface area contributed by atoms with Crippen molar-refractivity contribution in [3.63, 3.8) is 0 Å². The first kappa shape index (κ1) is 27.6. The van der Waals surface area contributed by atoms with Crippen molar-refractivity contribution < 1.29 is 14.3 Å². The largest absolute Gasteiger partial charge is 0.495 e. The van der Waals surface area contributed by atoms with Gasteiger partial charge in [-0.2, -0.15) is 5.26 Å². The van der Waals surface area contributed by atoms with Gasteiger partial charge in [0, 0.05) is 5.69 Å². The molecule has 1 N–H and O–H groups in total. The van der Waals surface area contributed by atoms with Gasteiger partial charge < -0.3 is 10.1 Å². The summed E-state index contributed by atoms with van der Waals surface area (Å²) in [6.07, 6.45) is 0.278. The normalized spacial score (nSPS) is 16.4. The van der Waals surface area contributed by atoms with Gasteiger partial charge in [0.05, 0.1) is 28.1 Å². The number of ether oxygens (including phenoxy) is 1. The van der Waals surface area contributed by atoms with E-state index in [-0.39, 0.29) is 22.9 Å². The molecule has 0 radical (unpaired) electrons. The molecule has 1 aliphatic heterocycles. The van der Waals surface area contributed by atoms with Crippen LogP contribution in [0.3, 0.4) is 0 Å². The molecular weight excluding hydrogens is 541 g/mol. The Morgan fingerprint density at radius 1 is 1.11 bits per heavy atom. The van der Waals surface area contributed by atoms with Gasteiger partial charge in [-0.15, -0.1) is 0 Å². The summed E-state index contributed by atoms with van der Waals surface area (Å²) in [4.78, 5) is 28.6. The number of carbonyl (C=O) groups excluding carboxylic acids is 2. The molecule has 0 spiro atoms. The van der Waals surface area contributed by atoms with Crippen molar-refractivity contribution >= 4 is 58.2 Å². The fourth-order valence-corrected chi connectivity index (χ4v) is 5.76. The van der Waals surface area contributed by atoms with Crippen LogP contribution in [-0.2, 0) is 16.0 Å². The molecule has 0 bridgehead atoms. The maximum atomic E-state index is 13.8. The number of methoxy groups -OCH3 is 1. The van der Waals surface area contributed by atoms with Crippen LogP contribution in [0, 0.1) is 11.3 Å². The van der Waals surface area contributed by atoms with E-state index in [1.54, 1.807) is 36.4 Å². The first-order chi connectivity index (χ1) is 18.2. The van der Waals surface area contributed by atoms with E-state index in [2.05, 4.69) is 19.2 Å². The van der Waals surface area contributed by atoms with Crippen LogP contribution < -0.4 is 15.0 Å². The number of nitriles is 1. The van der Waals surface area contributed by atoms with Gasteiger partial charge in [-0.3, -0.25) is 14.5 Å². The molecule has 9 heteroatoms. The van der Waals surface area contributed by atoms with Crippen molar-refractivity contribution in [2.24, 2.45) is 0 Å². The first-order valence-electron chi connectivity index (χ1n) is 11.9. The molecule has 1 unspecified atom stereocenters. The minimum Gasteiger partial charge on any atom is -0.495 e. The van der Waals surface area contributed by atoms with Crippen molar-refractivity contribution in [1.29, 1.82) is 5.26 Å². The summed E-state index contributed by atoms with van der Waals surface area (Å²) in [5, 5.41) is 13.3. The lowest BCUT2D eigenvalue weighted by Gasteiger charge is -2.20. The van der Waals surface area contributed by atoms with E-state index in [1.165, 1.54) is 12.0 Å². The third-order valence-electron chi connectivity index (χ3n) is 6.12. The Hall–Kier alpha value is -3.44. The van der Waals surface area contributed by atoms with E-state index in [0.717, 1.165) is 17.3 Å². The number of hydrogen-bond donors (Lipinski definition) is 1. The summed E-state index contributed by atoms with van der Waals surface area (Å²) in [6.45, 7) is 4.16. The fourth-order valence-electron chi connectivity index (χ4n) is 4.07. The van der Waals surface area contributed by atoms with E-state index in [9.17, 15) is 14.9 Å². The number of amides is 2. The highest BCUT2D eigenvalue weighted by Gasteiger charge is 2.41. The second-order valence-electron chi connectivity index (χ2n) is 8.89. The lowest BCUT2D eigenvalue weighted by Crippen LogP contribution is -2.31. The quantitative estimate of drug-likeness (QED) is 0.242. The monoisotopic (exact) mass is 565 g/mol. The number of anilines is 2. The number of nitrogens with one attached hydrogen (secondary N) is 1. The molecule has 6 nitrogen and oxygen atoms in total. The van der Waals surface area contributed by atoms with Crippen LogP contribution in [0.2, 0.25) is 10.0 Å². The summed E-state index contributed by atoms with van der Waals surface area (Å²) >= 11 is 13.8. The van der Waals surface area contributed by atoms with E-state index < -0.39 is 11.2 Å². The zero-order valence-corrected chi connectivity index (χ0v) is 23.3. The predicted molar refractivity (Wildman–Crippen MR) is 154 cm³/mol. The second kappa shape index (κ2) is 12.0. The SMILES string of the molecule is COc1ccccc1NC(=O)/C(C#N)=C1\SC(Cc2cccc(Cl)c2Cl)C(=O)N1c1ccc(C(C)C)cc1. The zero-order valence-electron chi connectivity index (χ0n) is 21.0. The van der Waals surface area contributed by atoms with Crippen LogP contribution >= 0.6 is 35.0 Å². The molecule has 0 aromatic heterocycles. The van der Waals surface area contributed by atoms with Crippen LogP contribution in [0.4, 0.5) is 11.4 Å². The number of thioether (sulfide) groups is 1. The van der Waals surface area contributed by atoms with Crippen LogP contribution in [0.5, 0.6) is 5.75 Å². The Bertz CT molecular complexity index is 1450. The molecule has 2 amide bonds. The van der Waals surface area contributed by atoms with Gasteiger partial charge >= 0.3 is 0 Å². The van der Waals surface area contributed by atoms with E-state index in [1.807, 2.05) is 36.4 Å². The second-order valence-corrected chi connectivity index (χ2v) is 10.9. The summed E-state index contributed by atoms with van der Waals surface area (Å²) in [7, 11) is 1.49. The van der Waals surface area contributed by atoms with Crippen molar-refractivity contribution in [3.8, 4) is 11.8 Å². The highest BCUT2D eigenvalue weighted by molar-refractivity contribution is 8.05. The molecule has 4 rings (SSSR count). The summed E-state index contributed by atoms with van der Waals surface area (Å²) in [5.41, 5.74) is 2.62. The number of rotatable bonds is 7.